The minimum atomic E-state index is -0.189. The van der Waals surface area contributed by atoms with Crippen LogP contribution < -0.4 is 5.32 Å². The minimum Gasteiger partial charge on any atom is -0.377 e. The fourth-order valence-electron chi connectivity index (χ4n) is 1.70. The molecule has 0 aromatic heterocycles. The van der Waals surface area contributed by atoms with Crippen LogP contribution in [0.15, 0.2) is 12.7 Å². The van der Waals surface area contributed by atoms with Gasteiger partial charge in [0.15, 0.2) is 0 Å². The Morgan fingerprint density at radius 1 is 1.67 bits per heavy atom. The number of rotatable bonds is 4. The summed E-state index contributed by atoms with van der Waals surface area (Å²) in [5.74, 6) is 0.130. The molecule has 0 atom stereocenters. The highest BCUT2D eigenvalue weighted by Gasteiger charge is 2.33. The number of ether oxygens (including phenoxy) is 1. The van der Waals surface area contributed by atoms with Crippen molar-refractivity contribution in [3.63, 3.8) is 0 Å². The third-order valence-corrected chi connectivity index (χ3v) is 2.51. The largest absolute Gasteiger partial charge is 0.377 e. The van der Waals surface area contributed by atoms with Crippen molar-refractivity contribution in [1.29, 1.82) is 0 Å². The third-order valence-electron chi connectivity index (χ3n) is 2.51. The summed E-state index contributed by atoms with van der Waals surface area (Å²) < 4.78 is 5.36. The van der Waals surface area contributed by atoms with E-state index in [9.17, 15) is 4.79 Å². The second kappa shape index (κ2) is 5.28. The Labute approximate surface area is 91.3 Å². The van der Waals surface area contributed by atoms with Crippen molar-refractivity contribution in [3.8, 4) is 0 Å². The molecule has 15 heavy (non-hydrogen) atoms. The Morgan fingerprint density at radius 2 is 2.40 bits per heavy atom. The summed E-state index contributed by atoms with van der Waals surface area (Å²) in [5.41, 5.74) is -0.189. The van der Waals surface area contributed by atoms with Gasteiger partial charge in [-0.25, -0.2) is 0 Å². The first-order valence-corrected chi connectivity index (χ1v) is 5.28. The highest BCUT2D eigenvalue weighted by Crippen LogP contribution is 2.18. The lowest BCUT2D eigenvalue weighted by Gasteiger charge is -2.42. The van der Waals surface area contributed by atoms with Crippen LogP contribution >= 0.6 is 0 Å². The summed E-state index contributed by atoms with van der Waals surface area (Å²) in [7, 11) is 0. The SMILES string of the molecule is C=CCNCC(=O)N1CCOCC1(C)C. The van der Waals surface area contributed by atoms with E-state index < -0.39 is 0 Å². The Hall–Kier alpha value is -0.870. The van der Waals surface area contributed by atoms with Gasteiger partial charge in [-0.1, -0.05) is 6.08 Å². The van der Waals surface area contributed by atoms with Crippen LogP contribution in [0.25, 0.3) is 0 Å². The molecule has 1 N–H and O–H groups in total. The molecule has 1 fully saturated rings. The van der Waals surface area contributed by atoms with Crippen molar-refractivity contribution in [2.45, 2.75) is 19.4 Å². The first kappa shape index (κ1) is 12.2. The maximum Gasteiger partial charge on any atom is 0.237 e. The fraction of sp³-hybridized carbons (Fsp3) is 0.727. The van der Waals surface area contributed by atoms with Crippen molar-refractivity contribution in [2.24, 2.45) is 0 Å². The molecule has 86 valence electrons. The molecule has 0 spiro atoms. The van der Waals surface area contributed by atoms with Crippen LogP contribution in [0, 0.1) is 0 Å². The number of hydrogen-bond donors (Lipinski definition) is 1. The quantitative estimate of drug-likeness (QED) is 0.542. The smallest absolute Gasteiger partial charge is 0.237 e. The molecule has 4 heteroatoms. The summed E-state index contributed by atoms with van der Waals surface area (Å²) in [4.78, 5) is 13.7. The predicted octanol–water partition coefficient (Wildman–Crippen LogP) is 0.399. The lowest BCUT2D eigenvalue weighted by Crippen LogP contribution is -2.57. The standard InChI is InChI=1S/C11H20N2O2/c1-4-5-12-8-10(14)13-6-7-15-9-11(13,2)3/h4,12H,1,5-9H2,2-3H3. The van der Waals surface area contributed by atoms with Gasteiger partial charge >= 0.3 is 0 Å². The van der Waals surface area contributed by atoms with Gasteiger partial charge < -0.3 is 15.0 Å². The van der Waals surface area contributed by atoms with Crippen molar-refractivity contribution in [1.82, 2.24) is 10.2 Å². The van der Waals surface area contributed by atoms with Gasteiger partial charge in [0.25, 0.3) is 0 Å². The van der Waals surface area contributed by atoms with E-state index in [0.29, 0.717) is 32.8 Å². The lowest BCUT2D eigenvalue weighted by atomic mass is 10.0. The van der Waals surface area contributed by atoms with Gasteiger partial charge in [0.1, 0.15) is 0 Å². The highest BCUT2D eigenvalue weighted by molar-refractivity contribution is 5.79. The van der Waals surface area contributed by atoms with Crippen LogP contribution in [0.2, 0.25) is 0 Å². The normalized spacial score (nSPS) is 20.0. The average molecular weight is 212 g/mol. The number of morpholine rings is 1. The number of hydrogen-bond acceptors (Lipinski definition) is 3. The number of carbonyl (C=O) groups is 1. The molecule has 0 aromatic rings. The van der Waals surface area contributed by atoms with Crippen molar-refractivity contribution in [2.75, 3.05) is 32.8 Å². The summed E-state index contributed by atoms with van der Waals surface area (Å²) >= 11 is 0. The molecular weight excluding hydrogens is 192 g/mol. The molecule has 1 amide bonds. The van der Waals surface area contributed by atoms with Gasteiger partial charge in [0.2, 0.25) is 5.91 Å². The van der Waals surface area contributed by atoms with E-state index in [1.807, 2.05) is 18.7 Å². The predicted molar refractivity (Wildman–Crippen MR) is 59.7 cm³/mol. The molecule has 4 nitrogen and oxygen atoms in total. The number of amides is 1. The van der Waals surface area contributed by atoms with Crippen LogP contribution in [0.3, 0.4) is 0 Å². The van der Waals surface area contributed by atoms with Gasteiger partial charge in [-0.3, -0.25) is 4.79 Å². The lowest BCUT2D eigenvalue weighted by molar-refractivity contribution is -0.145. The van der Waals surface area contributed by atoms with Crippen LogP contribution in [0.5, 0.6) is 0 Å². The van der Waals surface area contributed by atoms with Gasteiger partial charge in [-0.2, -0.15) is 0 Å². The molecular formula is C11H20N2O2. The molecule has 0 aliphatic carbocycles. The fourth-order valence-corrected chi connectivity index (χ4v) is 1.70. The summed E-state index contributed by atoms with van der Waals surface area (Å²) in [6.45, 7) is 10.6. The zero-order valence-electron chi connectivity index (χ0n) is 9.58. The molecule has 0 bridgehead atoms. The Balaban J connectivity index is 2.45. The molecule has 1 saturated heterocycles. The van der Waals surface area contributed by atoms with Crippen molar-refractivity contribution in [3.05, 3.63) is 12.7 Å². The first-order valence-electron chi connectivity index (χ1n) is 5.28. The van der Waals surface area contributed by atoms with E-state index in [1.54, 1.807) is 6.08 Å². The number of carbonyl (C=O) groups excluding carboxylic acids is 1. The third kappa shape index (κ3) is 3.32. The zero-order chi connectivity index (χ0) is 11.3. The zero-order valence-corrected chi connectivity index (χ0v) is 9.58. The van der Waals surface area contributed by atoms with Crippen LogP contribution in [-0.2, 0) is 9.53 Å². The van der Waals surface area contributed by atoms with E-state index in [1.165, 1.54) is 0 Å². The highest BCUT2D eigenvalue weighted by atomic mass is 16.5. The molecule has 0 unspecified atom stereocenters. The van der Waals surface area contributed by atoms with Crippen LogP contribution in [0.4, 0.5) is 0 Å². The van der Waals surface area contributed by atoms with E-state index in [-0.39, 0.29) is 11.4 Å². The van der Waals surface area contributed by atoms with Gasteiger partial charge in [-0.05, 0) is 13.8 Å². The summed E-state index contributed by atoms with van der Waals surface area (Å²) in [6.07, 6.45) is 1.75. The second-order valence-electron chi connectivity index (χ2n) is 4.33. The number of nitrogens with zero attached hydrogens (tertiary/aromatic N) is 1. The minimum absolute atomic E-state index is 0.130. The van der Waals surface area contributed by atoms with E-state index in [4.69, 9.17) is 4.74 Å². The molecule has 1 aliphatic rings. The molecule has 1 rings (SSSR count). The Kier molecular flexibility index (Phi) is 4.29. The van der Waals surface area contributed by atoms with Crippen LogP contribution in [0.1, 0.15) is 13.8 Å². The summed E-state index contributed by atoms with van der Waals surface area (Å²) in [5, 5.41) is 3.02. The molecule has 1 aliphatic heterocycles. The van der Waals surface area contributed by atoms with Crippen molar-refractivity contribution >= 4 is 5.91 Å². The van der Waals surface area contributed by atoms with Gasteiger partial charge in [0.05, 0.1) is 25.3 Å². The van der Waals surface area contributed by atoms with E-state index >= 15 is 0 Å². The topological polar surface area (TPSA) is 41.6 Å². The summed E-state index contributed by atoms with van der Waals surface area (Å²) in [6, 6.07) is 0. The maximum atomic E-state index is 11.9. The number of nitrogens with one attached hydrogen (secondary N) is 1. The Bertz CT molecular complexity index is 239. The molecule has 0 aromatic carbocycles. The molecule has 0 radical (unpaired) electrons. The molecule has 1 heterocycles. The van der Waals surface area contributed by atoms with Crippen molar-refractivity contribution < 1.29 is 9.53 Å². The van der Waals surface area contributed by atoms with Gasteiger partial charge in [-0.15, -0.1) is 6.58 Å². The first-order chi connectivity index (χ1) is 7.08. The van der Waals surface area contributed by atoms with E-state index in [0.717, 1.165) is 0 Å². The monoisotopic (exact) mass is 212 g/mol. The average Bonchev–Trinajstić information content (AvgIpc) is 2.17. The van der Waals surface area contributed by atoms with E-state index in [2.05, 4.69) is 11.9 Å². The Morgan fingerprint density at radius 3 is 3.00 bits per heavy atom. The molecule has 0 saturated carbocycles. The van der Waals surface area contributed by atoms with Gasteiger partial charge in [0, 0.05) is 13.1 Å². The second-order valence-corrected chi connectivity index (χ2v) is 4.33. The maximum absolute atomic E-state index is 11.9. The van der Waals surface area contributed by atoms with Crippen LogP contribution in [-0.4, -0.2) is 49.2 Å².